The van der Waals surface area contributed by atoms with Crippen molar-refractivity contribution in [1.82, 2.24) is 5.32 Å². The molecule has 0 aliphatic heterocycles. The van der Waals surface area contributed by atoms with Crippen molar-refractivity contribution in [2.45, 2.75) is 13.0 Å². The molecule has 0 spiro atoms. The Hall–Kier alpha value is -1.43. The maximum absolute atomic E-state index is 11.3. The van der Waals surface area contributed by atoms with Crippen LogP contribution < -0.4 is 5.32 Å². The van der Waals surface area contributed by atoms with Crippen molar-refractivity contribution in [3.63, 3.8) is 0 Å². The zero-order valence-corrected chi connectivity index (χ0v) is 11.6. The van der Waals surface area contributed by atoms with Crippen molar-refractivity contribution in [2.75, 3.05) is 20.3 Å². The van der Waals surface area contributed by atoms with Crippen molar-refractivity contribution in [3.8, 4) is 0 Å². The predicted molar refractivity (Wildman–Crippen MR) is 77.0 cm³/mol. The minimum atomic E-state index is -0.852. The highest BCUT2D eigenvalue weighted by atomic mass is 32.1. The van der Waals surface area contributed by atoms with Gasteiger partial charge >= 0.3 is 5.97 Å². The summed E-state index contributed by atoms with van der Waals surface area (Å²) < 4.78 is 6.00. The molecule has 102 valence electrons. The average molecular weight is 279 g/mol. The van der Waals surface area contributed by atoms with E-state index in [1.165, 1.54) is 11.3 Å². The fraction of sp³-hybridized carbons (Fsp3) is 0.357. The molecule has 19 heavy (non-hydrogen) atoms. The smallest absolute Gasteiger partial charge is 0.346 e. The van der Waals surface area contributed by atoms with Gasteiger partial charge in [0.2, 0.25) is 0 Å². The normalized spacial score (nSPS) is 11.0. The number of rotatable bonds is 7. The largest absolute Gasteiger partial charge is 0.477 e. The van der Waals surface area contributed by atoms with E-state index in [0.29, 0.717) is 18.0 Å². The quantitative estimate of drug-likeness (QED) is 0.765. The molecule has 0 fully saturated rings. The van der Waals surface area contributed by atoms with Crippen LogP contribution in [-0.2, 0) is 11.3 Å². The standard InChI is InChI=1S/C14H17NO3S/c1-18-8-4-7-15-9-11-10-5-2-3-6-12(10)19-13(11)14(16)17/h2-3,5-6,15H,4,7-9H2,1H3,(H,16,17). The Morgan fingerprint density at radius 1 is 1.42 bits per heavy atom. The summed E-state index contributed by atoms with van der Waals surface area (Å²) in [7, 11) is 1.68. The van der Waals surface area contributed by atoms with E-state index in [2.05, 4.69) is 5.32 Å². The molecule has 5 heteroatoms. The molecule has 0 saturated carbocycles. The van der Waals surface area contributed by atoms with Crippen LogP contribution >= 0.6 is 11.3 Å². The van der Waals surface area contributed by atoms with Gasteiger partial charge in [-0.3, -0.25) is 0 Å². The first-order chi connectivity index (χ1) is 9.24. The van der Waals surface area contributed by atoms with Crippen LogP contribution in [0.15, 0.2) is 24.3 Å². The molecule has 0 aliphatic carbocycles. The minimum absolute atomic E-state index is 0.431. The molecule has 0 atom stereocenters. The lowest BCUT2D eigenvalue weighted by Crippen LogP contribution is -2.17. The summed E-state index contributed by atoms with van der Waals surface area (Å²) in [6.07, 6.45) is 0.918. The maximum atomic E-state index is 11.3. The summed E-state index contributed by atoms with van der Waals surface area (Å²) in [6.45, 7) is 2.11. The molecule has 2 N–H and O–H groups in total. The first-order valence-electron chi connectivity index (χ1n) is 6.17. The van der Waals surface area contributed by atoms with Gasteiger partial charge in [-0.25, -0.2) is 4.79 Å². The summed E-state index contributed by atoms with van der Waals surface area (Å²) in [6, 6.07) is 7.81. The lowest BCUT2D eigenvalue weighted by molar-refractivity contribution is 0.0701. The highest BCUT2D eigenvalue weighted by Crippen LogP contribution is 2.31. The van der Waals surface area contributed by atoms with Gasteiger partial charge in [0.15, 0.2) is 0 Å². The monoisotopic (exact) mass is 279 g/mol. The number of methoxy groups -OCH3 is 1. The van der Waals surface area contributed by atoms with Crippen molar-refractivity contribution in [3.05, 3.63) is 34.7 Å². The Labute approximate surface area is 116 Å². The van der Waals surface area contributed by atoms with E-state index in [4.69, 9.17) is 4.74 Å². The van der Waals surface area contributed by atoms with Crippen LogP contribution in [0.25, 0.3) is 10.1 Å². The van der Waals surface area contributed by atoms with Gasteiger partial charge in [-0.1, -0.05) is 18.2 Å². The maximum Gasteiger partial charge on any atom is 0.346 e. The van der Waals surface area contributed by atoms with Gasteiger partial charge in [-0.15, -0.1) is 11.3 Å². The van der Waals surface area contributed by atoms with Gasteiger partial charge in [0.1, 0.15) is 4.88 Å². The first-order valence-corrected chi connectivity index (χ1v) is 6.99. The second kappa shape index (κ2) is 6.65. The van der Waals surface area contributed by atoms with Crippen molar-refractivity contribution in [1.29, 1.82) is 0 Å². The van der Waals surface area contributed by atoms with E-state index in [9.17, 15) is 9.90 Å². The van der Waals surface area contributed by atoms with Crippen LogP contribution in [0.5, 0.6) is 0 Å². The summed E-state index contributed by atoms with van der Waals surface area (Å²) in [5, 5.41) is 13.6. The van der Waals surface area contributed by atoms with Crippen LogP contribution in [0.2, 0.25) is 0 Å². The number of fused-ring (bicyclic) bond motifs is 1. The third kappa shape index (κ3) is 3.32. The summed E-state index contributed by atoms with van der Waals surface area (Å²) in [4.78, 5) is 11.7. The second-order valence-corrected chi connectivity index (χ2v) is 5.29. The van der Waals surface area contributed by atoms with E-state index in [0.717, 1.165) is 28.6 Å². The third-order valence-corrected chi connectivity index (χ3v) is 4.10. The second-order valence-electron chi connectivity index (χ2n) is 4.23. The number of carboxylic acids is 1. The first kappa shape index (κ1) is 14.0. The Morgan fingerprint density at radius 2 is 2.21 bits per heavy atom. The Bertz CT molecular complexity index is 565. The third-order valence-electron chi connectivity index (χ3n) is 2.90. The molecule has 1 aromatic heterocycles. The number of thiophene rings is 1. The fourth-order valence-electron chi connectivity index (χ4n) is 2.00. The summed E-state index contributed by atoms with van der Waals surface area (Å²) in [5.74, 6) is -0.852. The van der Waals surface area contributed by atoms with Gasteiger partial charge in [0.05, 0.1) is 0 Å². The number of carboxylic acid groups (broad SMARTS) is 1. The zero-order chi connectivity index (χ0) is 13.7. The van der Waals surface area contributed by atoms with E-state index in [-0.39, 0.29) is 0 Å². The van der Waals surface area contributed by atoms with Gasteiger partial charge in [-0.2, -0.15) is 0 Å². The van der Waals surface area contributed by atoms with E-state index < -0.39 is 5.97 Å². The van der Waals surface area contributed by atoms with Crippen LogP contribution in [0, 0.1) is 0 Å². The number of hydrogen-bond acceptors (Lipinski definition) is 4. The molecule has 1 heterocycles. The van der Waals surface area contributed by atoms with Crippen molar-refractivity contribution < 1.29 is 14.6 Å². The number of nitrogens with one attached hydrogen (secondary N) is 1. The molecular formula is C14H17NO3S. The molecule has 0 unspecified atom stereocenters. The number of ether oxygens (including phenoxy) is 1. The van der Waals surface area contributed by atoms with Crippen LogP contribution in [-0.4, -0.2) is 31.3 Å². The molecular weight excluding hydrogens is 262 g/mol. The Balaban J connectivity index is 2.15. The zero-order valence-electron chi connectivity index (χ0n) is 10.8. The van der Waals surface area contributed by atoms with Gasteiger partial charge < -0.3 is 15.2 Å². The topological polar surface area (TPSA) is 58.6 Å². The van der Waals surface area contributed by atoms with Gasteiger partial charge in [0.25, 0.3) is 0 Å². The summed E-state index contributed by atoms with van der Waals surface area (Å²) >= 11 is 1.34. The van der Waals surface area contributed by atoms with Crippen molar-refractivity contribution in [2.24, 2.45) is 0 Å². The average Bonchev–Trinajstić information content (AvgIpc) is 2.78. The molecule has 1 aromatic carbocycles. The molecule has 2 rings (SSSR count). The van der Waals surface area contributed by atoms with Crippen LogP contribution in [0.3, 0.4) is 0 Å². The lowest BCUT2D eigenvalue weighted by Gasteiger charge is -2.05. The van der Waals surface area contributed by atoms with Crippen molar-refractivity contribution >= 4 is 27.4 Å². The molecule has 2 aromatic rings. The fourth-order valence-corrected chi connectivity index (χ4v) is 3.06. The van der Waals surface area contributed by atoms with E-state index in [1.54, 1.807) is 7.11 Å². The molecule has 0 aliphatic rings. The Morgan fingerprint density at radius 3 is 2.95 bits per heavy atom. The van der Waals surface area contributed by atoms with Gasteiger partial charge in [-0.05, 0) is 30.0 Å². The minimum Gasteiger partial charge on any atom is -0.477 e. The number of hydrogen-bond donors (Lipinski definition) is 2. The summed E-state index contributed by atoms with van der Waals surface area (Å²) in [5.41, 5.74) is 0.880. The van der Waals surface area contributed by atoms with Crippen LogP contribution in [0.4, 0.5) is 0 Å². The highest BCUT2D eigenvalue weighted by molar-refractivity contribution is 7.21. The lowest BCUT2D eigenvalue weighted by atomic mass is 10.1. The SMILES string of the molecule is COCCCNCc1c(C(=O)O)sc2ccccc12. The highest BCUT2D eigenvalue weighted by Gasteiger charge is 2.16. The molecule has 4 nitrogen and oxygen atoms in total. The predicted octanol–water partition coefficient (Wildman–Crippen LogP) is 2.73. The van der Waals surface area contributed by atoms with E-state index >= 15 is 0 Å². The molecule has 0 amide bonds. The molecule has 0 saturated heterocycles. The number of carbonyl (C=O) groups is 1. The number of aromatic carboxylic acids is 1. The van der Waals surface area contributed by atoms with Crippen LogP contribution in [0.1, 0.15) is 21.7 Å². The Kier molecular flexibility index (Phi) is 4.90. The molecule has 0 bridgehead atoms. The van der Waals surface area contributed by atoms with Gasteiger partial charge in [0, 0.05) is 25.0 Å². The number of benzene rings is 1. The van der Waals surface area contributed by atoms with E-state index in [1.807, 2.05) is 24.3 Å². The molecule has 0 radical (unpaired) electrons.